The predicted molar refractivity (Wildman–Crippen MR) is 178 cm³/mol. The van der Waals surface area contributed by atoms with Gasteiger partial charge in [0.15, 0.2) is 11.0 Å². The summed E-state index contributed by atoms with van der Waals surface area (Å²) in [6.45, 7) is 5.99. The average molecular weight is 636 g/mol. The van der Waals surface area contributed by atoms with E-state index in [9.17, 15) is 14.4 Å². The maximum absolute atomic E-state index is 13.7. The number of piperidine rings is 1. The molecular formula is C33H45N7O4S. The maximum atomic E-state index is 13.7. The van der Waals surface area contributed by atoms with E-state index in [1.165, 1.54) is 11.3 Å². The van der Waals surface area contributed by atoms with Crippen molar-refractivity contribution in [3.05, 3.63) is 65.2 Å². The third-order valence-corrected chi connectivity index (χ3v) is 8.90. The van der Waals surface area contributed by atoms with Crippen molar-refractivity contribution in [2.24, 2.45) is 28.3 Å². The zero-order valence-corrected chi connectivity index (χ0v) is 26.9. The molecule has 1 aromatic heterocycles. The molecule has 4 rings (SSSR count). The van der Waals surface area contributed by atoms with Crippen LogP contribution in [0.2, 0.25) is 0 Å². The summed E-state index contributed by atoms with van der Waals surface area (Å²) in [5, 5.41) is 9.40. The Labute approximate surface area is 268 Å². The average Bonchev–Trinajstić information content (AvgIpc) is 3.46. The summed E-state index contributed by atoms with van der Waals surface area (Å²) in [5.74, 6) is -0.498. The van der Waals surface area contributed by atoms with Gasteiger partial charge in [-0.15, -0.1) is 11.3 Å². The first-order valence-corrected chi connectivity index (χ1v) is 16.5. The van der Waals surface area contributed by atoms with E-state index in [4.69, 9.17) is 16.2 Å². The number of para-hydroxylation sites is 1. The monoisotopic (exact) mass is 635 g/mol. The number of Topliss-reactive ketones (excluding diaryl/α,β-unsaturated/α-hetero) is 1. The molecule has 3 atom stereocenters. The number of ether oxygens (including phenoxy) is 1. The molecule has 11 nitrogen and oxygen atoms in total. The molecule has 0 radical (unpaired) electrons. The second kappa shape index (κ2) is 16.9. The van der Waals surface area contributed by atoms with Gasteiger partial charge in [-0.3, -0.25) is 14.6 Å². The van der Waals surface area contributed by atoms with Crippen LogP contribution in [0.25, 0.3) is 10.2 Å². The number of aromatic nitrogens is 1. The van der Waals surface area contributed by atoms with Gasteiger partial charge in [0.2, 0.25) is 11.7 Å². The molecule has 1 aliphatic heterocycles. The highest BCUT2D eigenvalue weighted by molar-refractivity contribution is 7.20. The van der Waals surface area contributed by atoms with Crippen molar-refractivity contribution in [3.63, 3.8) is 0 Å². The summed E-state index contributed by atoms with van der Waals surface area (Å²) in [7, 11) is 0. The number of fused-ring (bicyclic) bond motifs is 1. The lowest BCUT2D eigenvalue weighted by atomic mass is 9.88. The van der Waals surface area contributed by atoms with Crippen LogP contribution in [0, 0.1) is 11.8 Å². The van der Waals surface area contributed by atoms with Crippen molar-refractivity contribution < 1.29 is 19.1 Å². The van der Waals surface area contributed by atoms with Crippen LogP contribution in [0.1, 0.15) is 61.3 Å². The normalized spacial score (nSPS) is 15.6. The van der Waals surface area contributed by atoms with E-state index in [1.807, 2.05) is 68.4 Å². The van der Waals surface area contributed by atoms with Crippen LogP contribution in [0.15, 0.2) is 59.6 Å². The largest absolute Gasteiger partial charge is 0.446 e. The molecule has 0 spiro atoms. The topological polar surface area (TPSA) is 174 Å². The summed E-state index contributed by atoms with van der Waals surface area (Å²) < 4.78 is 6.92. The number of amides is 2. The van der Waals surface area contributed by atoms with Crippen molar-refractivity contribution in [3.8, 4) is 0 Å². The minimum absolute atomic E-state index is 0.0390. The van der Waals surface area contributed by atoms with Crippen LogP contribution in [0.5, 0.6) is 0 Å². The number of thiazole rings is 1. The van der Waals surface area contributed by atoms with Crippen molar-refractivity contribution in [1.29, 1.82) is 0 Å². The number of nitrogens with one attached hydrogen (secondary N) is 3. The van der Waals surface area contributed by atoms with Crippen molar-refractivity contribution >= 4 is 45.3 Å². The van der Waals surface area contributed by atoms with Gasteiger partial charge in [0.25, 0.3) is 0 Å². The van der Waals surface area contributed by atoms with Gasteiger partial charge < -0.3 is 32.2 Å². The number of aliphatic imine (C=N–C) groups is 1. The highest BCUT2D eigenvalue weighted by Gasteiger charge is 2.32. The SMILES string of the molecule is CC(C)C[C@H](NC(=O)OC(Cc1ccccc1)C1CCNCC1)C(=O)N[C@@H](CCCN=C(N)N)C(=O)c1nc2ccccc2s1. The number of ketones is 1. The van der Waals surface area contributed by atoms with Crippen LogP contribution in [-0.4, -0.2) is 66.5 Å². The maximum Gasteiger partial charge on any atom is 0.408 e. The lowest BCUT2D eigenvalue weighted by molar-refractivity contribution is -0.124. The number of nitrogens with two attached hydrogens (primary N) is 2. The summed E-state index contributed by atoms with van der Waals surface area (Å²) in [4.78, 5) is 49.3. The first kappa shape index (κ1) is 33.9. The van der Waals surface area contributed by atoms with Gasteiger partial charge in [-0.1, -0.05) is 56.3 Å². The summed E-state index contributed by atoms with van der Waals surface area (Å²) in [6, 6.07) is 15.7. The lowest BCUT2D eigenvalue weighted by Crippen LogP contribution is -2.52. The Bertz CT molecular complexity index is 1400. The molecule has 45 heavy (non-hydrogen) atoms. The number of carbonyl (C=O) groups excluding carboxylic acids is 3. The molecule has 0 aliphatic carbocycles. The Balaban J connectivity index is 1.48. The fraction of sp³-hybridized carbons (Fsp3) is 0.485. The molecule has 7 N–H and O–H groups in total. The second-order valence-electron chi connectivity index (χ2n) is 11.9. The molecular weight excluding hydrogens is 590 g/mol. The molecule has 0 bridgehead atoms. The minimum atomic E-state index is -0.897. The summed E-state index contributed by atoms with van der Waals surface area (Å²) >= 11 is 1.28. The second-order valence-corrected chi connectivity index (χ2v) is 12.9. The molecule has 2 heterocycles. The van der Waals surface area contributed by atoms with Crippen molar-refractivity contribution in [1.82, 2.24) is 20.9 Å². The minimum Gasteiger partial charge on any atom is -0.446 e. The number of benzene rings is 2. The van der Waals surface area contributed by atoms with Gasteiger partial charge in [-0.25, -0.2) is 9.78 Å². The highest BCUT2D eigenvalue weighted by atomic mass is 32.1. The third kappa shape index (κ3) is 10.5. The predicted octanol–water partition coefficient (Wildman–Crippen LogP) is 3.77. The fourth-order valence-corrected chi connectivity index (χ4v) is 6.52. The zero-order chi connectivity index (χ0) is 32.2. The van der Waals surface area contributed by atoms with E-state index in [0.29, 0.717) is 37.2 Å². The molecule has 242 valence electrons. The molecule has 12 heteroatoms. The number of hydrogen-bond acceptors (Lipinski definition) is 8. The Morgan fingerprint density at radius 1 is 1.02 bits per heavy atom. The Morgan fingerprint density at radius 2 is 1.73 bits per heavy atom. The van der Waals surface area contributed by atoms with Gasteiger partial charge >= 0.3 is 6.09 Å². The molecule has 1 unspecified atom stereocenters. The number of hydrogen-bond donors (Lipinski definition) is 5. The molecule has 1 fully saturated rings. The van der Waals surface area contributed by atoms with E-state index < -0.39 is 24.1 Å². The first-order chi connectivity index (χ1) is 21.7. The fourth-order valence-electron chi connectivity index (χ4n) is 5.56. The molecule has 2 amide bonds. The lowest BCUT2D eigenvalue weighted by Gasteiger charge is -2.31. The van der Waals surface area contributed by atoms with Crippen LogP contribution >= 0.6 is 11.3 Å². The van der Waals surface area contributed by atoms with Crippen molar-refractivity contribution in [2.75, 3.05) is 19.6 Å². The van der Waals surface area contributed by atoms with Crippen LogP contribution in [0.3, 0.4) is 0 Å². The quantitative estimate of drug-likeness (QED) is 0.0726. The van der Waals surface area contributed by atoms with E-state index in [0.717, 1.165) is 41.7 Å². The smallest absolute Gasteiger partial charge is 0.408 e. The number of nitrogens with zero attached hydrogens (tertiary/aromatic N) is 2. The Hall–Kier alpha value is -4.03. The van der Waals surface area contributed by atoms with Gasteiger partial charge in [-0.05, 0) is 74.7 Å². The van der Waals surface area contributed by atoms with Crippen LogP contribution in [-0.2, 0) is 16.0 Å². The van der Waals surface area contributed by atoms with Gasteiger partial charge in [0.1, 0.15) is 12.1 Å². The number of guanidine groups is 1. The number of rotatable bonds is 15. The van der Waals surface area contributed by atoms with Gasteiger partial charge in [0, 0.05) is 13.0 Å². The van der Waals surface area contributed by atoms with E-state index in [2.05, 4.69) is 25.9 Å². The highest BCUT2D eigenvalue weighted by Crippen LogP contribution is 2.25. The standard InChI is InChI=1S/C33H45N7O4S/c1-21(2)19-26(40-33(43)44-27(23-14-17-36-18-15-23)20-22-9-4-3-5-10-22)30(42)38-25(12-8-16-37-32(34)35)29(41)31-39-24-11-6-7-13-28(24)45-31/h3-7,9-11,13,21,23,25-27,36H,8,12,14-20H2,1-2H3,(H,38,42)(H,40,43)(H4,34,35,37)/t25-,26-,27?/m0/s1. The van der Waals surface area contributed by atoms with Gasteiger partial charge in [-0.2, -0.15) is 0 Å². The third-order valence-electron chi connectivity index (χ3n) is 7.85. The van der Waals surface area contributed by atoms with Crippen LogP contribution < -0.4 is 27.4 Å². The van der Waals surface area contributed by atoms with Crippen molar-refractivity contribution in [2.45, 2.75) is 70.6 Å². The zero-order valence-electron chi connectivity index (χ0n) is 26.0. The van der Waals surface area contributed by atoms with E-state index >= 15 is 0 Å². The summed E-state index contributed by atoms with van der Waals surface area (Å²) in [6.07, 6.45) is 2.54. The number of carbonyl (C=O) groups is 3. The van der Waals surface area contributed by atoms with E-state index in [-0.39, 0.29) is 29.7 Å². The molecule has 2 aromatic carbocycles. The molecule has 1 aliphatic rings. The Kier molecular flexibility index (Phi) is 12.7. The first-order valence-electron chi connectivity index (χ1n) is 15.7. The van der Waals surface area contributed by atoms with Crippen LogP contribution in [0.4, 0.5) is 4.79 Å². The van der Waals surface area contributed by atoms with Gasteiger partial charge in [0.05, 0.1) is 16.3 Å². The Morgan fingerprint density at radius 3 is 2.42 bits per heavy atom. The molecule has 3 aromatic rings. The molecule has 0 saturated carbocycles. The summed E-state index contributed by atoms with van der Waals surface area (Å²) in [5.41, 5.74) is 12.7. The molecule has 1 saturated heterocycles. The number of alkyl carbamates (subject to hydrolysis) is 1. The van der Waals surface area contributed by atoms with E-state index in [1.54, 1.807) is 0 Å².